The number of piperazine rings is 1. The van der Waals surface area contributed by atoms with Gasteiger partial charge in [-0.2, -0.15) is 4.98 Å². The number of rotatable bonds is 3. The summed E-state index contributed by atoms with van der Waals surface area (Å²) in [5.74, 6) is 0.104. The standard InChI is InChI=1S/C28H39ClFN5O4S/c1-13-18(14(2)33-40(37)28(7,8)9)19-20-24(31-13)34-12-16-10-11-17(35(16)26(36)39-27(4,5)6)22(34)15(3)38-25(20)32-23(29)21(19)30/h14-17,22,33H,10-12H2,1-9H3/t14?,15-,16+,17-,22+,40?/m0/s1. The van der Waals surface area contributed by atoms with Crippen molar-refractivity contribution in [2.45, 2.75) is 116 Å². The van der Waals surface area contributed by atoms with Crippen LogP contribution in [0.2, 0.25) is 5.15 Å². The number of aryl methyl sites for hydroxylation is 1. The number of nitrogens with one attached hydrogen (secondary N) is 1. The van der Waals surface area contributed by atoms with Gasteiger partial charge in [-0.15, -0.1) is 4.72 Å². The second kappa shape index (κ2) is 10.0. The summed E-state index contributed by atoms with van der Waals surface area (Å²) in [4.78, 5) is 26.6. The number of amides is 1. The van der Waals surface area contributed by atoms with Crippen LogP contribution in [0.5, 0.6) is 5.88 Å². The lowest BCUT2D eigenvalue weighted by molar-refractivity contribution is 0.000952. The number of pyridine rings is 2. The number of nitrogens with zero attached hydrogens (tertiary/aromatic N) is 4. The SMILES string of the molecule is Cc1nc2c3c(nc(Cl)c(F)c3c1C(C)N[S+]([O-])C(C)(C)C)O[C@@H](C)[C@@H]1[C@@H]3CC[C@H](CN21)N3C(=O)OC(C)(C)C. The van der Waals surface area contributed by atoms with Gasteiger partial charge in [-0.05, 0) is 75.2 Å². The molecule has 5 heterocycles. The van der Waals surface area contributed by atoms with Crippen molar-refractivity contribution in [2.24, 2.45) is 0 Å². The number of aromatic nitrogens is 2. The minimum atomic E-state index is -1.40. The molecular formula is C28H39ClFN5O4S. The monoisotopic (exact) mass is 595 g/mol. The molecular weight excluding hydrogens is 557 g/mol. The number of halogens is 2. The second-order valence-corrected chi connectivity index (χ2v) is 15.4. The Morgan fingerprint density at radius 2 is 1.90 bits per heavy atom. The van der Waals surface area contributed by atoms with E-state index >= 15 is 4.39 Å². The Balaban J connectivity index is 1.64. The molecule has 12 heteroatoms. The van der Waals surface area contributed by atoms with Crippen LogP contribution in [0.1, 0.15) is 85.5 Å². The fourth-order valence-electron chi connectivity index (χ4n) is 6.27. The average molecular weight is 596 g/mol. The fraction of sp³-hybridized carbons (Fsp3) is 0.679. The lowest BCUT2D eigenvalue weighted by Crippen LogP contribution is -2.65. The third-order valence-electron chi connectivity index (χ3n) is 7.86. The number of carbonyl (C=O) groups excluding carboxylic acids is 1. The first kappa shape index (κ1) is 29.4. The molecule has 0 saturated carbocycles. The van der Waals surface area contributed by atoms with E-state index in [1.165, 1.54) is 0 Å². The molecule has 2 bridgehead atoms. The molecule has 5 rings (SSSR count). The summed E-state index contributed by atoms with van der Waals surface area (Å²) in [5.41, 5.74) is 0.538. The molecule has 0 radical (unpaired) electrons. The molecule has 2 aromatic rings. The van der Waals surface area contributed by atoms with Gasteiger partial charge in [0.05, 0.1) is 29.6 Å². The van der Waals surface area contributed by atoms with E-state index in [-0.39, 0.29) is 40.6 Å². The van der Waals surface area contributed by atoms with Crippen molar-refractivity contribution in [2.75, 3.05) is 11.4 Å². The largest absolute Gasteiger partial charge is 0.598 e. The molecule has 220 valence electrons. The third kappa shape index (κ3) is 4.97. The Labute approximate surface area is 243 Å². The van der Waals surface area contributed by atoms with Crippen LogP contribution >= 0.6 is 11.6 Å². The minimum absolute atomic E-state index is 0.0819. The van der Waals surface area contributed by atoms with Crippen molar-refractivity contribution in [1.82, 2.24) is 19.6 Å². The Hall–Kier alpha value is -2.08. The summed E-state index contributed by atoms with van der Waals surface area (Å²) in [6.45, 7) is 17.3. The molecule has 1 amide bonds. The number of ether oxygens (including phenoxy) is 2. The van der Waals surface area contributed by atoms with Crippen molar-refractivity contribution in [3.05, 3.63) is 22.2 Å². The minimum Gasteiger partial charge on any atom is -0.598 e. The van der Waals surface area contributed by atoms with Gasteiger partial charge in [-0.1, -0.05) is 11.6 Å². The maximum absolute atomic E-state index is 16.0. The molecule has 9 nitrogen and oxygen atoms in total. The van der Waals surface area contributed by atoms with Crippen LogP contribution in [0, 0.1) is 12.7 Å². The second-order valence-electron chi connectivity index (χ2n) is 13.1. The van der Waals surface area contributed by atoms with Gasteiger partial charge in [0, 0.05) is 34.6 Å². The number of hydrogen-bond donors (Lipinski definition) is 1. The lowest BCUT2D eigenvalue weighted by Gasteiger charge is -2.48. The van der Waals surface area contributed by atoms with Gasteiger partial charge in [-0.25, -0.2) is 14.2 Å². The van der Waals surface area contributed by atoms with Gasteiger partial charge < -0.3 is 18.9 Å². The zero-order chi connectivity index (χ0) is 29.5. The highest BCUT2D eigenvalue weighted by molar-refractivity contribution is 7.90. The van der Waals surface area contributed by atoms with E-state index < -0.39 is 39.7 Å². The number of hydrogen-bond acceptors (Lipinski definition) is 8. The highest BCUT2D eigenvalue weighted by Crippen LogP contribution is 2.48. The molecule has 3 aliphatic heterocycles. The van der Waals surface area contributed by atoms with Crippen LogP contribution < -0.4 is 14.4 Å². The van der Waals surface area contributed by atoms with Crippen molar-refractivity contribution in [1.29, 1.82) is 0 Å². The first-order chi connectivity index (χ1) is 18.5. The zero-order valence-corrected chi connectivity index (χ0v) is 26.2. The summed E-state index contributed by atoms with van der Waals surface area (Å²) in [6, 6.07) is -1.02. The summed E-state index contributed by atoms with van der Waals surface area (Å²) in [5, 5.41) is 0.406. The van der Waals surface area contributed by atoms with Crippen LogP contribution in [-0.4, -0.2) is 66.6 Å². The van der Waals surface area contributed by atoms with E-state index in [0.717, 1.165) is 12.8 Å². The molecule has 40 heavy (non-hydrogen) atoms. The molecule has 2 aromatic heterocycles. The number of anilines is 1. The quantitative estimate of drug-likeness (QED) is 0.362. The van der Waals surface area contributed by atoms with Crippen LogP contribution in [0.4, 0.5) is 15.0 Å². The molecule has 0 aromatic carbocycles. The Morgan fingerprint density at radius 1 is 1.23 bits per heavy atom. The van der Waals surface area contributed by atoms with Gasteiger partial charge >= 0.3 is 6.09 Å². The van der Waals surface area contributed by atoms with Crippen molar-refractivity contribution < 1.29 is 23.2 Å². The summed E-state index contributed by atoms with van der Waals surface area (Å²) in [7, 11) is 0. The average Bonchev–Trinajstić information content (AvgIpc) is 3.07. The van der Waals surface area contributed by atoms with E-state index in [1.807, 2.05) is 67.2 Å². The summed E-state index contributed by atoms with van der Waals surface area (Å²) < 4.78 is 43.7. The zero-order valence-electron chi connectivity index (χ0n) is 24.6. The molecule has 3 aliphatic rings. The topological polar surface area (TPSA) is 103 Å². The van der Waals surface area contributed by atoms with Gasteiger partial charge in [-0.3, -0.25) is 4.90 Å². The normalized spacial score (nSPS) is 25.8. The molecule has 0 aliphatic carbocycles. The van der Waals surface area contributed by atoms with E-state index in [0.29, 0.717) is 29.0 Å². The maximum atomic E-state index is 16.0. The van der Waals surface area contributed by atoms with Crippen molar-refractivity contribution in [3.63, 3.8) is 0 Å². The summed E-state index contributed by atoms with van der Waals surface area (Å²) >= 11 is 4.95. The molecule has 2 fully saturated rings. The van der Waals surface area contributed by atoms with Crippen LogP contribution in [0.25, 0.3) is 10.8 Å². The van der Waals surface area contributed by atoms with Gasteiger partial charge in [0.1, 0.15) is 22.3 Å². The van der Waals surface area contributed by atoms with Crippen molar-refractivity contribution >= 4 is 45.6 Å². The molecule has 1 N–H and O–H groups in total. The first-order valence-corrected chi connectivity index (χ1v) is 15.3. The third-order valence-corrected chi connectivity index (χ3v) is 9.79. The van der Waals surface area contributed by atoms with E-state index in [9.17, 15) is 9.35 Å². The molecule has 6 atom stereocenters. The smallest absolute Gasteiger partial charge is 0.410 e. The molecule has 0 spiro atoms. The van der Waals surface area contributed by atoms with Crippen LogP contribution in [-0.2, 0) is 16.1 Å². The molecule has 2 unspecified atom stereocenters. The predicted octanol–water partition coefficient (Wildman–Crippen LogP) is 5.58. The lowest BCUT2D eigenvalue weighted by atomic mass is 9.96. The van der Waals surface area contributed by atoms with Crippen LogP contribution in [0.15, 0.2) is 0 Å². The maximum Gasteiger partial charge on any atom is 0.410 e. The van der Waals surface area contributed by atoms with Crippen molar-refractivity contribution in [3.8, 4) is 5.88 Å². The fourth-order valence-corrected chi connectivity index (χ4v) is 7.24. The van der Waals surface area contributed by atoms with Gasteiger partial charge in [0.15, 0.2) is 11.0 Å². The van der Waals surface area contributed by atoms with E-state index in [4.69, 9.17) is 26.1 Å². The number of fused-ring (bicyclic) bond motifs is 5. The Kier molecular flexibility index (Phi) is 7.37. The molecule has 2 saturated heterocycles. The predicted molar refractivity (Wildman–Crippen MR) is 155 cm³/mol. The highest BCUT2D eigenvalue weighted by Gasteiger charge is 2.54. The van der Waals surface area contributed by atoms with Gasteiger partial charge in [0.25, 0.3) is 0 Å². The Morgan fingerprint density at radius 3 is 2.52 bits per heavy atom. The van der Waals surface area contributed by atoms with Crippen LogP contribution in [0.3, 0.4) is 0 Å². The van der Waals surface area contributed by atoms with Gasteiger partial charge in [0.2, 0.25) is 5.88 Å². The first-order valence-electron chi connectivity index (χ1n) is 13.8. The number of carbonyl (C=O) groups is 1. The summed E-state index contributed by atoms with van der Waals surface area (Å²) in [6.07, 6.45) is 0.867. The highest BCUT2D eigenvalue weighted by atomic mass is 35.5. The Bertz CT molecular complexity index is 1350. The van der Waals surface area contributed by atoms with E-state index in [2.05, 4.69) is 14.6 Å². The van der Waals surface area contributed by atoms with E-state index in [1.54, 1.807) is 0 Å².